The van der Waals surface area contributed by atoms with Crippen LogP contribution >= 0.6 is 15.9 Å². The molecule has 1 N–H and O–H groups in total. The fraction of sp³-hybridized carbons (Fsp3) is 0.278. The molecule has 3 aromatic rings. The number of aromatic nitrogens is 3. The number of benzene rings is 1. The summed E-state index contributed by atoms with van der Waals surface area (Å²) in [6.07, 6.45) is 2.72. The molecule has 25 heavy (non-hydrogen) atoms. The highest BCUT2D eigenvalue weighted by atomic mass is 79.9. The summed E-state index contributed by atoms with van der Waals surface area (Å²) in [5.74, 6) is 0.859. The van der Waals surface area contributed by atoms with Crippen molar-refractivity contribution in [3.05, 3.63) is 47.1 Å². The Bertz CT molecular complexity index is 854. The lowest BCUT2D eigenvalue weighted by molar-refractivity contribution is -0.122. The minimum atomic E-state index is -0.0422. The minimum absolute atomic E-state index is 0.0422. The maximum atomic E-state index is 12.1. The smallest absolute Gasteiger partial charge is 0.274 e. The third-order valence-electron chi connectivity index (χ3n) is 3.91. The van der Waals surface area contributed by atoms with Crippen molar-refractivity contribution in [1.29, 1.82) is 0 Å². The van der Waals surface area contributed by atoms with Gasteiger partial charge in [-0.2, -0.15) is 4.98 Å². The number of halogens is 1. The fourth-order valence-corrected chi connectivity index (χ4v) is 2.63. The van der Waals surface area contributed by atoms with Crippen LogP contribution in [-0.4, -0.2) is 26.7 Å². The lowest BCUT2D eigenvalue weighted by Crippen LogP contribution is -2.34. The van der Waals surface area contributed by atoms with Crippen LogP contribution < -0.4 is 5.32 Å². The Kier molecular flexibility index (Phi) is 5.33. The van der Waals surface area contributed by atoms with Gasteiger partial charge in [0.2, 0.25) is 11.7 Å². The maximum absolute atomic E-state index is 12.1. The van der Waals surface area contributed by atoms with Crippen LogP contribution in [0.5, 0.6) is 0 Å². The molecule has 0 fully saturated rings. The van der Waals surface area contributed by atoms with Gasteiger partial charge in [-0.15, -0.1) is 0 Å². The van der Waals surface area contributed by atoms with Crippen molar-refractivity contribution < 1.29 is 9.32 Å². The van der Waals surface area contributed by atoms with Crippen molar-refractivity contribution in [3.63, 3.8) is 0 Å². The summed E-state index contributed by atoms with van der Waals surface area (Å²) in [4.78, 5) is 16.6. The number of nitrogens with zero attached hydrogens (tertiary/aromatic N) is 3. The van der Waals surface area contributed by atoms with E-state index in [1.165, 1.54) is 0 Å². The molecule has 1 atom stereocenters. The average molecular weight is 403 g/mol. The summed E-state index contributed by atoms with van der Waals surface area (Å²) in [6, 6.07) is 11.5. The van der Waals surface area contributed by atoms with Crippen LogP contribution in [-0.2, 0) is 11.3 Å². The number of carbonyl (C=O) groups is 1. The van der Waals surface area contributed by atoms with Gasteiger partial charge in [0.15, 0.2) is 0 Å². The summed E-state index contributed by atoms with van der Waals surface area (Å²) in [7, 11) is 0. The standard InChI is InChI=1S/C18H19BrN4O2/c1-3-12(2)20-16(24)11-23-10-4-5-15(23)18-21-17(22-25-18)13-6-8-14(19)9-7-13/h4-10,12H,3,11H2,1-2H3,(H,20,24)/t12-/m1/s1. The first-order chi connectivity index (χ1) is 12.1. The van der Waals surface area contributed by atoms with Crippen molar-refractivity contribution in [2.24, 2.45) is 0 Å². The van der Waals surface area contributed by atoms with E-state index in [0.29, 0.717) is 11.7 Å². The van der Waals surface area contributed by atoms with E-state index >= 15 is 0 Å². The molecule has 0 radical (unpaired) electrons. The number of hydrogen-bond donors (Lipinski definition) is 1. The molecule has 2 aromatic heterocycles. The van der Waals surface area contributed by atoms with Crippen molar-refractivity contribution in [2.75, 3.05) is 0 Å². The topological polar surface area (TPSA) is 73.0 Å². The highest BCUT2D eigenvalue weighted by Crippen LogP contribution is 2.24. The number of hydrogen-bond acceptors (Lipinski definition) is 4. The molecule has 7 heteroatoms. The highest BCUT2D eigenvalue weighted by molar-refractivity contribution is 9.10. The van der Waals surface area contributed by atoms with Gasteiger partial charge in [-0.1, -0.05) is 28.0 Å². The molecular weight excluding hydrogens is 384 g/mol. The van der Waals surface area contributed by atoms with Crippen LogP contribution in [0.3, 0.4) is 0 Å². The van der Waals surface area contributed by atoms with Gasteiger partial charge in [-0.3, -0.25) is 4.79 Å². The number of carbonyl (C=O) groups excluding carboxylic acids is 1. The highest BCUT2D eigenvalue weighted by Gasteiger charge is 2.16. The van der Waals surface area contributed by atoms with E-state index in [4.69, 9.17) is 4.52 Å². The predicted octanol–water partition coefficient (Wildman–Crippen LogP) is 3.88. The Hall–Kier alpha value is -2.41. The summed E-state index contributed by atoms with van der Waals surface area (Å²) in [5.41, 5.74) is 1.58. The van der Waals surface area contributed by atoms with Gasteiger partial charge < -0.3 is 14.4 Å². The van der Waals surface area contributed by atoms with E-state index in [2.05, 4.69) is 31.4 Å². The van der Waals surface area contributed by atoms with Crippen LogP contribution in [0.4, 0.5) is 0 Å². The molecular formula is C18H19BrN4O2. The van der Waals surface area contributed by atoms with Crippen molar-refractivity contribution >= 4 is 21.8 Å². The van der Waals surface area contributed by atoms with Crippen LogP contribution in [0, 0.1) is 0 Å². The zero-order valence-electron chi connectivity index (χ0n) is 14.1. The van der Waals surface area contributed by atoms with Gasteiger partial charge in [0.1, 0.15) is 12.2 Å². The van der Waals surface area contributed by atoms with Crippen molar-refractivity contribution in [1.82, 2.24) is 20.0 Å². The summed E-state index contributed by atoms with van der Waals surface area (Å²) >= 11 is 3.40. The van der Waals surface area contributed by atoms with E-state index < -0.39 is 0 Å². The Labute approximate surface area is 154 Å². The third kappa shape index (κ3) is 4.17. The molecule has 130 valence electrons. The molecule has 0 bridgehead atoms. The molecule has 2 heterocycles. The van der Waals surface area contributed by atoms with E-state index in [9.17, 15) is 4.79 Å². The Morgan fingerprint density at radius 2 is 2.08 bits per heavy atom. The van der Waals surface area contributed by atoms with E-state index in [1.807, 2.05) is 56.4 Å². The van der Waals surface area contributed by atoms with Crippen LogP contribution in [0.2, 0.25) is 0 Å². The summed E-state index contributed by atoms with van der Waals surface area (Å²) in [6.45, 7) is 4.23. The van der Waals surface area contributed by atoms with Crippen LogP contribution in [0.15, 0.2) is 51.6 Å². The van der Waals surface area contributed by atoms with Gasteiger partial charge in [0.25, 0.3) is 5.89 Å². The molecule has 1 amide bonds. The molecule has 0 aliphatic heterocycles. The second kappa shape index (κ2) is 7.65. The molecule has 6 nitrogen and oxygen atoms in total. The number of nitrogens with one attached hydrogen (secondary N) is 1. The summed E-state index contributed by atoms with van der Waals surface area (Å²) in [5, 5.41) is 6.99. The number of rotatable bonds is 6. The summed E-state index contributed by atoms with van der Waals surface area (Å²) < 4.78 is 8.18. The monoisotopic (exact) mass is 402 g/mol. The second-order valence-electron chi connectivity index (χ2n) is 5.83. The molecule has 0 spiro atoms. The molecule has 0 saturated carbocycles. The first-order valence-corrected chi connectivity index (χ1v) is 8.90. The normalized spacial score (nSPS) is 12.1. The zero-order chi connectivity index (χ0) is 17.8. The first kappa shape index (κ1) is 17.4. The van der Waals surface area contributed by atoms with E-state index in [0.717, 1.165) is 22.2 Å². The SMILES string of the molecule is CC[C@@H](C)NC(=O)Cn1cccc1-c1nc(-c2ccc(Br)cc2)no1. The van der Waals surface area contributed by atoms with Crippen molar-refractivity contribution in [3.8, 4) is 23.0 Å². The van der Waals surface area contributed by atoms with Gasteiger partial charge in [0.05, 0.1) is 0 Å². The fourth-order valence-electron chi connectivity index (χ4n) is 2.37. The lowest BCUT2D eigenvalue weighted by Gasteiger charge is -2.12. The molecule has 3 rings (SSSR count). The van der Waals surface area contributed by atoms with Gasteiger partial charge in [0, 0.05) is 22.3 Å². The lowest BCUT2D eigenvalue weighted by atomic mass is 10.2. The number of amides is 1. The largest absolute Gasteiger partial charge is 0.352 e. The minimum Gasteiger partial charge on any atom is -0.352 e. The Morgan fingerprint density at radius 3 is 2.80 bits per heavy atom. The van der Waals surface area contributed by atoms with Gasteiger partial charge in [-0.25, -0.2) is 0 Å². The molecule has 1 aromatic carbocycles. The van der Waals surface area contributed by atoms with Crippen LogP contribution in [0.25, 0.3) is 23.0 Å². The third-order valence-corrected chi connectivity index (χ3v) is 4.44. The van der Waals surface area contributed by atoms with Gasteiger partial charge in [-0.05, 0) is 49.7 Å². The predicted molar refractivity (Wildman–Crippen MR) is 98.8 cm³/mol. The molecule has 0 aliphatic carbocycles. The van der Waals surface area contributed by atoms with Crippen molar-refractivity contribution in [2.45, 2.75) is 32.9 Å². The quantitative estimate of drug-likeness (QED) is 0.678. The van der Waals surface area contributed by atoms with E-state index in [1.54, 1.807) is 4.57 Å². The molecule has 0 unspecified atom stereocenters. The van der Waals surface area contributed by atoms with Crippen LogP contribution in [0.1, 0.15) is 20.3 Å². The van der Waals surface area contributed by atoms with E-state index in [-0.39, 0.29) is 18.5 Å². The zero-order valence-corrected chi connectivity index (χ0v) is 15.7. The second-order valence-corrected chi connectivity index (χ2v) is 6.74. The Balaban J connectivity index is 1.78. The maximum Gasteiger partial charge on any atom is 0.274 e. The van der Waals surface area contributed by atoms with Gasteiger partial charge >= 0.3 is 0 Å². The Morgan fingerprint density at radius 1 is 1.32 bits per heavy atom. The first-order valence-electron chi connectivity index (χ1n) is 8.11. The molecule has 0 aliphatic rings. The molecule has 0 saturated heterocycles. The average Bonchev–Trinajstić information content (AvgIpc) is 3.24.